The van der Waals surface area contributed by atoms with Gasteiger partial charge in [0.05, 0.1) is 6.04 Å². The zero-order valence-corrected chi connectivity index (χ0v) is 11.1. The number of aryl methyl sites for hydroxylation is 4. The van der Waals surface area contributed by atoms with Crippen LogP contribution in [0.4, 0.5) is 0 Å². The van der Waals surface area contributed by atoms with Gasteiger partial charge in [0.25, 0.3) is 0 Å². The molecule has 0 amide bonds. The maximum Gasteiger partial charge on any atom is 0.106 e. The number of thiophene rings is 1. The second-order valence-corrected chi connectivity index (χ2v) is 5.97. The minimum atomic E-state index is -0.0250. The van der Waals surface area contributed by atoms with Crippen molar-refractivity contribution < 1.29 is 4.42 Å². The standard InChI is InChI=1S/C14H17NOS/c1-8-6-11(9(2)16-8)14(15)13-7-10-4-3-5-12(10)17-13/h6-7,14H,3-5,15H2,1-2H3. The highest BCUT2D eigenvalue weighted by Crippen LogP contribution is 2.36. The first kappa shape index (κ1) is 11.1. The molecular weight excluding hydrogens is 230 g/mol. The quantitative estimate of drug-likeness (QED) is 0.882. The molecule has 0 saturated heterocycles. The van der Waals surface area contributed by atoms with E-state index in [0.717, 1.165) is 17.1 Å². The van der Waals surface area contributed by atoms with Crippen molar-refractivity contribution >= 4 is 11.3 Å². The van der Waals surface area contributed by atoms with Gasteiger partial charge in [-0.3, -0.25) is 0 Å². The lowest BCUT2D eigenvalue weighted by molar-refractivity contribution is 0.500. The molecule has 0 aliphatic heterocycles. The molecule has 2 aromatic heterocycles. The molecule has 1 aliphatic rings. The molecule has 3 rings (SSSR count). The molecule has 2 nitrogen and oxygen atoms in total. The van der Waals surface area contributed by atoms with Crippen molar-refractivity contribution in [3.63, 3.8) is 0 Å². The van der Waals surface area contributed by atoms with Gasteiger partial charge in [0.15, 0.2) is 0 Å². The minimum absolute atomic E-state index is 0.0250. The molecule has 1 aliphatic carbocycles. The summed E-state index contributed by atoms with van der Waals surface area (Å²) in [4.78, 5) is 2.81. The van der Waals surface area contributed by atoms with E-state index in [2.05, 4.69) is 12.1 Å². The van der Waals surface area contributed by atoms with Gasteiger partial charge in [-0.1, -0.05) is 0 Å². The van der Waals surface area contributed by atoms with Crippen molar-refractivity contribution in [2.75, 3.05) is 0 Å². The van der Waals surface area contributed by atoms with Crippen molar-refractivity contribution in [2.24, 2.45) is 5.73 Å². The number of nitrogens with two attached hydrogens (primary N) is 1. The van der Waals surface area contributed by atoms with Crippen LogP contribution in [0.3, 0.4) is 0 Å². The first-order valence-corrected chi connectivity index (χ1v) is 6.91. The molecule has 2 N–H and O–H groups in total. The van der Waals surface area contributed by atoms with Crippen molar-refractivity contribution in [3.8, 4) is 0 Å². The van der Waals surface area contributed by atoms with Crippen LogP contribution in [-0.2, 0) is 12.8 Å². The fourth-order valence-electron chi connectivity index (χ4n) is 2.62. The summed E-state index contributed by atoms with van der Waals surface area (Å²) in [5.41, 5.74) is 8.98. The van der Waals surface area contributed by atoms with E-state index in [1.54, 1.807) is 0 Å². The highest BCUT2D eigenvalue weighted by atomic mass is 32.1. The minimum Gasteiger partial charge on any atom is -0.466 e. The Morgan fingerprint density at radius 3 is 2.76 bits per heavy atom. The topological polar surface area (TPSA) is 39.2 Å². The van der Waals surface area contributed by atoms with Crippen LogP contribution in [-0.4, -0.2) is 0 Å². The number of fused-ring (bicyclic) bond motifs is 1. The number of hydrogen-bond donors (Lipinski definition) is 1. The van der Waals surface area contributed by atoms with E-state index < -0.39 is 0 Å². The summed E-state index contributed by atoms with van der Waals surface area (Å²) in [5, 5.41) is 0. The molecule has 2 aromatic rings. The lowest BCUT2D eigenvalue weighted by Crippen LogP contribution is -2.10. The lowest BCUT2D eigenvalue weighted by Gasteiger charge is -2.08. The Morgan fingerprint density at radius 1 is 1.29 bits per heavy atom. The van der Waals surface area contributed by atoms with Crippen LogP contribution in [0, 0.1) is 13.8 Å². The Kier molecular flexibility index (Phi) is 2.60. The SMILES string of the molecule is Cc1cc(C(N)c2cc3c(s2)CCC3)c(C)o1. The van der Waals surface area contributed by atoms with E-state index in [1.807, 2.05) is 25.2 Å². The fraction of sp³-hybridized carbons (Fsp3) is 0.429. The molecule has 0 fully saturated rings. The first-order valence-electron chi connectivity index (χ1n) is 6.09. The molecule has 3 heteroatoms. The van der Waals surface area contributed by atoms with Crippen LogP contribution >= 0.6 is 11.3 Å². The summed E-state index contributed by atoms with van der Waals surface area (Å²) in [6.45, 7) is 3.96. The Morgan fingerprint density at radius 2 is 2.12 bits per heavy atom. The number of furan rings is 1. The van der Waals surface area contributed by atoms with E-state index in [9.17, 15) is 0 Å². The van der Waals surface area contributed by atoms with Crippen LogP contribution < -0.4 is 5.73 Å². The zero-order chi connectivity index (χ0) is 12.0. The second-order valence-electron chi connectivity index (χ2n) is 4.80. The third-order valence-corrected chi connectivity index (χ3v) is 4.81. The van der Waals surface area contributed by atoms with Crippen molar-refractivity contribution in [3.05, 3.63) is 44.5 Å². The molecule has 17 heavy (non-hydrogen) atoms. The summed E-state index contributed by atoms with van der Waals surface area (Å²) < 4.78 is 5.56. The summed E-state index contributed by atoms with van der Waals surface area (Å²) in [6.07, 6.45) is 3.76. The van der Waals surface area contributed by atoms with Gasteiger partial charge < -0.3 is 10.2 Å². The van der Waals surface area contributed by atoms with Gasteiger partial charge in [0, 0.05) is 15.3 Å². The predicted octanol–water partition coefficient (Wildman–Crippen LogP) is 3.49. The van der Waals surface area contributed by atoms with Gasteiger partial charge >= 0.3 is 0 Å². The zero-order valence-electron chi connectivity index (χ0n) is 10.2. The molecule has 1 atom stereocenters. The van der Waals surface area contributed by atoms with Gasteiger partial charge in [0.1, 0.15) is 11.5 Å². The molecular formula is C14H17NOS. The monoisotopic (exact) mass is 247 g/mol. The van der Waals surface area contributed by atoms with E-state index >= 15 is 0 Å². The summed E-state index contributed by atoms with van der Waals surface area (Å²) >= 11 is 1.88. The summed E-state index contributed by atoms with van der Waals surface area (Å²) in [5.74, 6) is 1.89. The molecule has 0 saturated carbocycles. The average Bonchev–Trinajstić information content (AvgIpc) is 2.90. The third-order valence-electron chi connectivity index (χ3n) is 3.49. The van der Waals surface area contributed by atoms with Crippen molar-refractivity contribution in [1.29, 1.82) is 0 Å². The summed E-state index contributed by atoms with van der Waals surface area (Å²) in [7, 11) is 0. The van der Waals surface area contributed by atoms with Crippen LogP contribution in [0.5, 0.6) is 0 Å². The van der Waals surface area contributed by atoms with E-state index in [-0.39, 0.29) is 6.04 Å². The van der Waals surface area contributed by atoms with Gasteiger partial charge in [-0.15, -0.1) is 11.3 Å². The first-order chi connectivity index (χ1) is 8.15. The molecule has 0 spiro atoms. The molecule has 90 valence electrons. The van der Waals surface area contributed by atoms with Crippen molar-refractivity contribution in [2.45, 2.75) is 39.2 Å². The Labute approximate surface area is 105 Å². The molecule has 0 aromatic carbocycles. The van der Waals surface area contributed by atoms with E-state index in [0.29, 0.717) is 0 Å². The normalized spacial score (nSPS) is 16.2. The number of rotatable bonds is 2. The van der Waals surface area contributed by atoms with Crippen molar-refractivity contribution in [1.82, 2.24) is 0 Å². The van der Waals surface area contributed by atoms with Crippen LogP contribution in [0.1, 0.15) is 44.9 Å². The van der Waals surface area contributed by atoms with Crippen LogP contribution in [0.25, 0.3) is 0 Å². The molecule has 0 bridgehead atoms. The smallest absolute Gasteiger partial charge is 0.106 e. The maximum absolute atomic E-state index is 6.34. The average molecular weight is 247 g/mol. The third kappa shape index (κ3) is 1.83. The Balaban J connectivity index is 1.95. The largest absolute Gasteiger partial charge is 0.466 e. The van der Waals surface area contributed by atoms with Gasteiger partial charge in [-0.05, 0) is 50.8 Å². The molecule has 1 unspecified atom stereocenters. The second kappa shape index (κ2) is 4.00. The Hall–Kier alpha value is -1.06. The maximum atomic E-state index is 6.34. The number of hydrogen-bond acceptors (Lipinski definition) is 3. The summed E-state index contributed by atoms with van der Waals surface area (Å²) in [6, 6.07) is 4.33. The lowest BCUT2D eigenvalue weighted by atomic mass is 10.1. The van der Waals surface area contributed by atoms with Gasteiger partial charge in [-0.25, -0.2) is 0 Å². The van der Waals surface area contributed by atoms with Gasteiger partial charge in [0.2, 0.25) is 0 Å². The van der Waals surface area contributed by atoms with E-state index in [1.165, 1.54) is 34.6 Å². The highest BCUT2D eigenvalue weighted by Gasteiger charge is 2.21. The molecule has 0 radical (unpaired) electrons. The van der Waals surface area contributed by atoms with Crippen LogP contribution in [0.2, 0.25) is 0 Å². The fourth-order valence-corrected chi connectivity index (χ4v) is 3.90. The molecule has 2 heterocycles. The van der Waals surface area contributed by atoms with E-state index in [4.69, 9.17) is 10.2 Å². The van der Waals surface area contributed by atoms with Gasteiger partial charge in [-0.2, -0.15) is 0 Å². The predicted molar refractivity (Wildman–Crippen MR) is 70.6 cm³/mol. The van der Waals surface area contributed by atoms with Crippen LogP contribution in [0.15, 0.2) is 16.5 Å². The highest BCUT2D eigenvalue weighted by molar-refractivity contribution is 7.12. The Bertz CT molecular complexity index is 531.